The van der Waals surface area contributed by atoms with Crippen LogP contribution in [0.25, 0.3) is 11.0 Å². The number of imidazole rings is 1. The van der Waals surface area contributed by atoms with Gasteiger partial charge in [-0.25, -0.2) is 9.18 Å². The lowest BCUT2D eigenvalue weighted by Gasteiger charge is -2.39. The predicted octanol–water partition coefficient (Wildman–Crippen LogP) is 2.85. The van der Waals surface area contributed by atoms with Crippen molar-refractivity contribution in [2.24, 2.45) is 0 Å². The molecule has 2 saturated heterocycles. The number of ether oxygens (including phenoxy) is 1. The molecule has 136 valence electrons. The fourth-order valence-electron chi connectivity index (χ4n) is 4.38. The summed E-state index contributed by atoms with van der Waals surface area (Å²) in [5.41, 5.74) is 1.99. The first kappa shape index (κ1) is 16.8. The molecule has 2 aromatic rings. The number of likely N-dealkylation sites (tertiary alicyclic amines) is 1. The van der Waals surface area contributed by atoms with Gasteiger partial charge in [0.25, 0.3) is 0 Å². The Labute approximate surface area is 146 Å². The third-order valence-corrected chi connectivity index (χ3v) is 5.84. The maximum atomic E-state index is 14.0. The highest BCUT2D eigenvalue weighted by atomic mass is 19.1. The van der Waals surface area contributed by atoms with Crippen molar-refractivity contribution in [3.63, 3.8) is 0 Å². The van der Waals surface area contributed by atoms with Crippen LogP contribution in [0.4, 0.5) is 4.39 Å². The van der Waals surface area contributed by atoms with Crippen molar-refractivity contribution >= 4 is 11.0 Å². The van der Waals surface area contributed by atoms with E-state index in [9.17, 15) is 9.18 Å². The number of aromatic amines is 1. The highest BCUT2D eigenvalue weighted by Gasteiger charge is 2.28. The molecule has 1 N–H and O–H groups in total. The standard InChI is InChI=1S/C19H26FN3O2/c1-2-13-11-18-17(12-16(13)20)21-19(24)23(18)15-3-7-22(8-4-15)14-5-9-25-10-6-14/h11-12,14-15H,2-10H2,1H3,(H,21,24). The van der Waals surface area contributed by atoms with Crippen LogP contribution >= 0.6 is 0 Å². The van der Waals surface area contributed by atoms with Gasteiger partial charge in [0.05, 0.1) is 11.0 Å². The molecular formula is C19H26FN3O2. The van der Waals surface area contributed by atoms with Gasteiger partial charge in [0.15, 0.2) is 0 Å². The summed E-state index contributed by atoms with van der Waals surface area (Å²) in [6, 6.07) is 4.11. The predicted molar refractivity (Wildman–Crippen MR) is 95.6 cm³/mol. The Kier molecular flexibility index (Phi) is 4.65. The molecule has 2 aliphatic heterocycles. The number of H-pyrrole nitrogens is 1. The number of rotatable bonds is 3. The number of fused-ring (bicyclic) bond motifs is 1. The molecule has 0 atom stereocenters. The first-order valence-electron chi connectivity index (χ1n) is 9.41. The van der Waals surface area contributed by atoms with Crippen LogP contribution in [0.5, 0.6) is 0 Å². The fraction of sp³-hybridized carbons (Fsp3) is 0.632. The minimum absolute atomic E-state index is 0.118. The smallest absolute Gasteiger partial charge is 0.326 e. The first-order valence-corrected chi connectivity index (χ1v) is 9.41. The third-order valence-electron chi connectivity index (χ3n) is 5.84. The number of hydrogen-bond donors (Lipinski definition) is 1. The van der Waals surface area contributed by atoms with Crippen molar-refractivity contribution in [2.75, 3.05) is 26.3 Å². The van der Waals surface area contributed by atoms with E-state index in [1.165, 1.54) is 6.07 Å². The van der Waals surface area contributed by atoms with Gasteiger partial charge in [-0.3, -0.25) is 4.57 Å². The van der Waals surface area contributed by atoms with Gasteiger partial charge in [0.2, 0.25) is 0 Å². The number of aryl methyl sites for hydroxylation is 1. The lowest BCUT2D eigenvalue weighted by atomic mass is 9.99. The van der Waals surface area contributed by atoms with Gasteiger partial charge in [-0.2, -0.15) is 0 Å². The molecule has 1 aromatic carbocycles. The van der Waals surface area contributed by atoms with Gasteiger partial charge in [-0.15, -0.1) is 0 Å². The molecule has 0 spiro atoms. The minimum Gasteiger partial charge on any atom is -0.381 e. The van der Waals surface area contributed by atoms with E-state index in [0.717, 1.165) is 57.5 Å². The summed E-state index contributed by atoms with van der Waals surface area (Å²) in [5, 5.41) is 0. The van der Waals surface area contributed by atoms with Crippen LogP contribution < -0.4 is 5.69 Å². The van der Waals surface area contributed by atoms with Crippen LogP contribution in [-0.2, 0) is 11.2 Å². The summed E-state index contributed by atoms with van der Waals surface area (Å²) < 4.78 is 21.3. The zero-order valence-electron chi connectivity index (χ0n) is 14.8. The highest BCUT2D eigenvalue weighted by Crippen LogP contribution is 2.28. The monoisotopic (exact) mass is 347 g/mol. The van der Waals surface area contributed by atoms with Crippen LogP contribution in [0.3, 0.4) is 0 Å². The molecule has 0 aliphatic carbocycles. The lowest BCUT2D eigenvalue weighted by molar-refractivity contribution is 0.0220. The average molecular weight is 347 g/mol. The van der Waals surface area contributed by atoms with E-state index >= 15 is 0 Å². The van der Waals surface area contributed by atoms with Crippen LogP contribution in [0, 0.1) is 5.82 Å². The van der Waals surface area contributed by atoms with E-state index in [-0.39, 0.29) is 17.5 Å². The van der Waals surface area contributed by atoms with Gasteiger partial charge in [-0.1, -0.05) is 6.92 Å². The topological polar surface area (TPSA) is 50.3 Å². The molecular weight excluding hydrogens is 321 g/mol. The molecule has 5 nitrogen and oxygen atoms in total. The van der Waals surface area contributed by atoms with Crippen molar-refractivity contribution < 1.29 is 9.13 Å². The van der Waals surface area contributed by atoms with E-state index in [2.05, 4.69) is 9.88 Å². The second kappa shape index (κ2) is 6.92. The molecule has 3 heterocycles. The van der Waals surface area contributed by atoms with Crippen molar-refractivity contribution in [3.8, 4) is 0 Å². The fourth-order valence-corrected chi connectivity index (χ4v) is 4.38. The van der Waals surface area contributed by atoms with Gasteiger partial charge in [-0.05, 0) is 49.8 Å². The summed E-state index contributed by atoms with van der Waals surface area (Å²) in [6.07, 6.45) is 4.77. The summed E-state index contributed by atoms with van der Waals surface area (Å²) >= 11 is 0. The zero-order chi connectivity index (χ0) is 17.4. The van der Waals surface area contributed by atoms with Gasteiger partial charge < -0.3 is 14.6 Å². The van der Waals surface area contributed by atoms with Crippen LogP contribution in [0.1, 0.15) is 44.2 Å². The molecule has 4 rings (SSSR count). The Morgan fingerprint density at radius 3 is 2.56 bits per heavy atom. The van der Waals surface area contributed by atoms with Gasteiger partial charge in [0.1, 0.15) is 5.82 Å². The molecule has 2 fully saturated rings. The number of aromatic nitrogens is 2. The summed E-state index contributed by atoms with van der Waals surface area (Å²) in [4.78, 5) is 17.9. The zero-order valence-corrected chi connectivity index (χ0v) is 14.8. The van der Waals surface area contributed by atoms with Crippen molar-refractivity contribution in [1.29, 1.82) is 0 Å². The Bertz CT molecular complexity index is 799. The number of hydrogen-bond acceptors (Lipinski definition) is 3. The molecule has 0 unspecified atom stereocenters. The Balaban J connectivity index is 1.56. The van der Waals surface area contributed by atoms with E-state index in [4.69, 9.17) is 4.74 Å². The maximum absolute atomic E-state index is 14.0. The summed E-state index contributed by atoms with van der Waals surface area (Å²) in [6.45, 7) is 5.67. The third kappa shape index (κ3) is 3.13. The summed E-state index contributed by atoms with van der Waals surface area (Å²) in [5.74, 6) is -0.238. The van der Waals surface area contributed by atoms with Gasteiger partial charge in [0, 0.05) is 38.4 Å². The summed E-state index contributed by atoms with van der Waals surface area (Å²) in [7, 11) is 0. The number of nitrogens with zero attached hydrogens (tertiary/aromatic N) is 2. The first-order chi connectivity index (χ1) is 12.2. The highest BCUT2D eigenvalue weighted by molar-refractivity contribution is 5.76. The Hall–Kier alpha value is -1.66. The van der Waals surface area contributed by atoms with E-state index in [1.54, 1.807) is 0 Å². The molecule has 0 radical (unpaired) electrons. The Morgan fingerprint density at radius 2 is 1.88 bits per heavy atom. The van der Waals surface area contributed by atoms with Gasteiger partial charge >= 0.3 is 5.69 Å². The Morgan fingerprint density at radius 1 is 1.16 bits per heavy atom. The molecule has 2 aliphatic rings. The number of halogens is 1. The molecule has 0 saturated carbocycles. The molecule has 0 bridgehead atoms. The largest absolute Gasteiger partial charge is 0.381 e. The van der Waals surface area contributed by atoms with E-state index < -0.39 is 0 Å². The van der Waals surface area contributed by atoms with Crippen molar-refractivity contribution in [1.82, 2.24) is 14.5 Å². The number of piperidine rings is 1. The van der Waals surface area contributed by atoms with Crippen molar-refractivity contribution in [2.45, 2.75) is 51.1 Å². The molecule has 6 heteroatoms. The normalized spacial score (nSPS) is 21.2. The van der Waals surface area contributed by atoms with Crippen molar-refractivity contribution in [3.05, 3.63) is 34.0 Å². The molecule has 1 aromatic heterocycles. The van der Waals surface area contributed by atoms with Crippen LogP contribution in [0.2, 0.25) is 0 Å². The van der Waals surface area contributed by atoms with E-state index in [1.807, 2.05) is 17.6 Å². The SMILES string of the molecule is CCc1cc2c(cc1F)[nH]c(=O)n2C1CCN(C2CCOCC2)CC1. The quantitative estimate of drug-likeness (QED) is 0.929. The number of benzene rings is 1. The average Bonchev–Trinajstić information content (AvgIpc) is 2.96. The number of nitrogens with one attached hydrogen (secondary N) is 1. The maximum Gasteiger partial charge on any atom is 0.326 e. The second-order valence-corrected chi connectivity index (χ2v) is 7.23. The van der Waals surface area contributed by atoms with Crippen LogP contribution in [-0.4, -0.2) is 46.8 Å². The second-order valence-electron chi connectivity index (χ2n) is 7.23. The minimum atomic E-state index is -0.238. The lowest BCUT2D eigenvalue weighted by Crippen LogP contribution is -2.45. The van der Waals surface area contributed by atoms with E-state index in [0.29, 0.717) is 23.5 Å². The van der Waals surface area contributed by atoms with Crippen LogP contribution in [0.15, 0.2) is 16.9 Å². The molecule has 25 heavy (non-hydrogen) atoms. The molecule has 0 amide bonds.